The van der Waals surface area contributed by atoms with Crippen LogP contribution in [0.5, 0.6) is 11.8 Å². The van der Waals surface area contributed by atoms with Crippen LogP contribution in [0.2, 0.25) is 0 Å². The van der Waals surface area contributed by atoms with Crippen molar-refractivity contribution in [3.05, 3.63) is 83.9 Å². The molecule has 186 valence electrons. The van der Waals surface area contributed by atoms with Crippen molar-refractivity contribution in [3.8, 4) is 28.8 Å². The predicted octanol–water partition coefficient (Wildman–Crippen LogP) is 6.00. The second kappa shape index (κ2) is 10.1. The number of benzene rings is 3. The first-order valence-corrected chi connectivity index (χ1v) is 11.0. The third kappa shape index (κ3) is 5.65. The molecular weight excluding hydrogens is 473 g/mol. The molecule has 1 N–H and O–H groups in total. The second-order valence-corrected chi connectivity index (χ2v) is 8.10. The minimum absolute atomic E-state index is 0.112. The van der Waals surface area contributed by atoms with Crippen molar-refractivity contribution >= 4 is 11.6 Å². The molecule has 0 aliphatic rings. The van der Waals surface area contributed by atoms with Crippen molar-refractivity contribution in [2.75, 3.05) is 12.4 Å². The third-order valence-corrected chi connectivity index (χ3v) is 5.12. The molecule has 0 aliphatic carbocycles. The van der Waals surface area contributed by atoms with Gasteiger partial charge in [-0.05, 0) is 86.6 Å². The molecule has 0 saturated carbocycles. The smallest absolute Gasteiger partial charge is 0.416 e. The number of hydrogen-bond donors (Lipinski definition) is 1. The fourth-order valence-corrected chi connectivity index (χ4v) is 3.36. The molecule has 0 saturated heterocycles. The molecule has 10 heteroatoms. The van der Waals surface area contributed by atoms with Crippen LogP contribution in [0.15, 0.2) is 72.8 Å². The molecule has 0 unspecified atom stereocenters. The topological polar surface area (TPSA) is 78.3 Å². The molecule has 0 aliphatic heterocycles. The Hall–Kier alpha value is -4.34. The predicted molar refractivity (Wildman–Crippen MR) is 129 cm³/mol. The maximum absolute atomic E-state index is 12.8. The normalized spacial score (nSPS) is 11.4. The zero-order chi connectivity index (χ0) is 25.9. The van der Waals surface area contributed by atoms with E-state index in [-0.39, 0.29) is 17.7 Å². The van der Waals surface area contributed by atoms with E-state index in [4.69, 9.17) is 9.47 Å². The van der Waals surface area contributed by atoms with E-state index in [0.717, 1.165) is 29.8 Å². The van der Waals surface area contributed by atoms with Gasteiger partial charge in [-0.1, -0.05) is 0 Å². The number of halogens is 3. The number of aromatic nitrogens is 3. The summed E-state index contributed by atoms with van der Waals surface area (Å²) in [4.78, 5) is 17.0. The molecule has 3 aromatic carbocycles. The van der Waals surface area contributed by atoms with Crippen molar-refractivity contribution in [2.24, 2.45) is 0 Å². The van der Waals surface area contributed by atoms with Crippen LogP contribution >= 0.6 is 0 Å². The average molecular weight is 496 g/mol. The van der Waals surface area contributed by atoms with Gasteiger partial charge in [0.2, 0.25) is 0 Å². The van der Waals surface area contributed by atoms with Gasteiger partial charge in [0.05, 0.1) is 24.5 Å². The van der Waals surface area contributed by atoms with Crippen LogP contribution in [0.1, 0.15) is 29.8 Å². The molecule has 0 atom stereocenters. The summed E-state index contributed by atoms with van der Waals surface area (Å²) in [6.07, 6.45) is -4.58. The first-order valence-electron chi connectivity index (χ1n) is 11.0. The molecule has 0 radical (unpaired) electrons. The molecule has 4 aromatic rings. The van der Waals surface area contributed by atoms with Crippen molar-refractivity contribution in [1.82, 2.24) is 14.8 Å². The van der Waals surface area contributed by atoms with E-state index in [0.29, 0.717) is 22.9 Å². The van der Waals surface area contributed by atoms with E-state index < -0.39 is 17.6 Å². The van der Waals surface area contributed by atoms with Gasteiger partial charge in [-0.3, -0.25) is 4.79 Å². The van der Waals surface area contributed by atoms with Gasteiger partial charge in [-0.2, -0.15) is 18.2 Å². The molecule has 0 spiro atoms. The van der Waals surface area contributed by atoms with Crippen molar-refractivity contribution < 1.29 is 27.4 Å². The monoisotopic (exact) mass is 496 g/mol. The highest BCUT2D eigenvalue weighted by Gasteiger charge is 2.30. The lowest BCUT2D eigenvalue weighted by atomic mass is 10.1. The molecule has 7 nitrogen and oxygen atoms in total. The highest BCUT2D eigenvalue weighted by atomic mass is 19.4. The number of hydrogen-bond acceptors (Lipinski definition) is 5. The van der Waals surface area contributed by atoms with Crippen molar-refractivity contribution in [1.29, 1.82) is 0 Å². The number of methoxy groups -OCH3 is 1. The first kappa shape index (κ1) is 24.8. The Morgan fingerprint density at radius 1 is 0.944 bits per heavy atom. The average Bonchev–Trinajstić information content (AvgIpc) is 3.27. The highest BCUT2D eigenvalue weighted by Crippen LogP contribution is 2.29. The summed E-state index contributed by atoms with van der Waals surface area (Å²) in [5, 5.41) is 7.16. The van der Waals surface area contributed by atoms with E-state index in [1.54, 1.807) is 36.1 Å². The Morgan fingerprint density at radius 2 is 1.58 bits per heavy atom. The van der Waals surface area contributed by atoms with Crippen LogP contribution in [0.25, 0.3) is 17.1 Å². The number of alkyl halides is 3. The van der Waals surface area contributed by atoms with Crippen molar-refractivity contribution in [2.45, 2.75) is 26.1 Å². The van der Waals surface area contributed by atoms with Crippen LogP contribution < -0.4 is 14.8 Å². The summed E-state index contributed by atoms with van der Waals surface area (Å²) < 4.78 is 50.8. The number of rotatable bonds is 7. The lowest BCUT2D eigenvalue weighted by Gasteiger charge is -2.10. The van der Waals surface area contributed by atoms with E-state index >= 15 is 0 Å². The molecule has 36 heavy (non-hydrogen) atoms. The van der Waals surface area contributed by atoms with Crippen LogP contribution in [-0.2, 0) is 6.18 Å². The number of carbonyl (C=O) groups excluding carboxylic acids is 1. The Bertz CT molecular complexity index is 1330. The van der Waals surface area contributed by atoms with Gasteiger partial charge in [0.1, 0.15) is 5.75 Å². The van der Waals surface area contributed by atoms with Gasteiger partial charge < -0.3 is 14.8 Å². The molecule has 0 bridgehead atoms. The van der Waals surface area contributed by atoms with Crippen LogP contribution in [0.4, 0.5) is 18.9 Å². The third-order valence-electron chi connectivity index (χ3n) is 5.12. The number of anilines is 1. The quantitative estimate of drug-likeness (QED) is 0.340. The Morgan fingerprint density at radius 3 is 2.14 bits per heavy atom. The molecule has 1 heterocycles. The van der Waals surface area contributed by atoms with Crippen LogP contribution in [-0.4, -0.2) is 33.9 Å². The van der Waals surface area contributed by atoms with E-state index in [1.807, 2.05) is 38.1 Å². The largest absolute Gasteiger partial charge is 0.497 e. The van der Waals surface area contributed by atoms with Gasteiger partial charge in [-0.25, -0.2) is 4.68 Å². The summed E-state index contributed by atoms with van der Waals surface area (Å²) >= 11 is 0. The first-order chi connectivity index (χ1) is 17.1. The molecule has 0 fully saturated rings. The highest BCUT2D eigenvalue weighted by molar-refractivity contribution is 6.04. The molecular formula is C26H23F3N4O3. The fraction of sp³-hybridized carbons (Fsp3) is 0.192. The number of ether oxygens (including phenoxy) is 2. The standard InChI is InChI=1S/C26H23F3N4O3/c1-16(2)36-25-31-23(17-6-14-22(35-3)15-7-17)33(32-25)21-12-10-20(11-13-21)30-24(34)18-4-8-19(9-5-18)26(27,28)29/h4-16H,1-3H3,(H,30,34). The van der Waals surface area contributed by atoms with Gasteiger partial charge in [0.25, 0.3) is 5.91 Å². The lowest BCUT2D eigenvalue weighted by molar-refractivity contribution is -0.137. The zero-order valence-electron chi connectivity index (χ0n) is 19.7. The van der Waals surface area contributed by atoms with E-state index in [2.05, 4.69) is 15.4 Å². The summed E-state index contributed by atoms with van der Waals surface area (Å²) in [6.45, 7) is 3.75. The Balaban J connectivity index is 1.57. The van der Waals surface area contributed by atoms with Crippen LogP contribution in [0, 0.1) is 0 Å². The maximum atomic E-state index is 12.8. The Kier molecular flexibility index (Phi) is 6.96. The summed E-state index contributed by atoms with van der Waals surface area (Å²) in [6, 6.07) is 18.4. The van der Waals surface area contributed by atoms with Gasteiger partial charge in [0, 0.05) is 16.8 Å². The fourth-order valence-electron chi connectivity index (χ4n) is 3.36. The Labute approximate surface area is 205 Å². The molecule has 1 aromatic heterocycles. The summed E-state index contributed by atoms with van der Waals surface area (Å²) in [7, 11) is 1.59. The van der Waals surface area contributed by atoms with Crippen LogP contribution in [0.3, 0.4) is 0 Å². The molecule has 4 rings (SSSR count). The van der Waals surface area contributed by atoms with E-state index in [1.165, 1.54) is 0 Å². The van der Waals surface area contributed by atoms with Gasteiger partial charge in [-0.15, -0.1) is 5.10 Å². The SMILES string of the molecule is COc1ccc(-c2nc(OC(C)C)nn2-c2ccc(NC(=O)c3ccc(C(F)(F)F)cc3)cc2)cc1. The number of carbonyl (C=O) groups is 1. The van der Waals surface area contributed by atoms with Gasteiger partial charge in [0.15, 0.2) is 5.82 Å². The minimum Gasteiger partial charge on any atom is -0.497 e. The molecule has 1 amide bonds. The summed E-state index contributed by atoms with van der Waals surface area (Å²) in [5.41, 5.74) is 1.22. The number of nitrogens with one attached hydrogen (secondary N) is 1. The number of amides is 1. The van der Waals surface area contributed by atoms with Gasteiger partial charge >= 0.3 is 12.2 Å². The zero-order valence-corrected chi connectivity index (χ0v) is 19.7. The van der Waals surface area contributed by atoms with E-state index in [9.17, 15) is 18.0 Å². The summed E-state index contributed by atoms with van der Waals surface area (Å²) in [5.74, 6) is 0.732. The van der Waals surface area contributed by atoms with Crippen molar-refractivity contribution in [3.63, 3.8) is 0 Å². The minimum atomic E-state index is -4.46. The maximum Gasteiger partial charge on any atom is 0.416 e. The second-order valence-electron chi connectivity index (χ2n) is 8.10. The lowest BCUT2D eigenvalue weighted by Crippen LogP contribution is -2.13. The number of nitrogens with zero attached hydrogens (tertiary/aromatic N) is 3.